The summed E-state index contributed by atoms with van der Waals surface area (Å²) in [7, 11) is 0. The molecule has 0 atom stereocenters. The third-order valence-electron chi connectivity index (χ3n) is 5.59. The average Bonchev–Trinajstić information content (AvgIpc) is 3.05. The Hall–Kier alpha value is -3.63. The molecule has 0 N–H and O–H groups in total. The van der Waals surface area contributed by atoms with Crippen molar-refractivity contribution in [3.05, 3.63) is 131 Å². The van der Waals surface area contributed by atoms with Gasteiger partial charge in [0.25, 0.3) is 0 Å². The Bertz CT molecular complexity index is 1130. The largest absolute Gasteiger partial charge is 0.192 e. The summed E-state index contributed by atoms with van der Waals surface area (Å²) >= 11 is 0. The molecule has 1 heteroatoms. The van der Waals surface area contributed by atoms with E-state index >= 15 is 0 Å². The Morgan fingerprint density at radius 1 is 0.556 bits per heavy atom. The van der Waals surface area contributed by atoms with Crippen LogP contribution < -0.4 is 0 Å². The van der Waals surface area contributed by atoms with Crippen LogP contribution in [0.15, 0.2) is 103 Å². The molecule has 0 amide bonds. The van der Waals surface area contributed by atoms with Crippen molar-refractivity contribution in [2.24, 2.45) is 0 Å². The van der Waals surface area contributed by atoms with Crippen molar-refractivity contribution in [3.8, 4) is 17.2 Å². The summed E-state index contributed by atoms with van der Waals surface area (Å²) in [5.74, 6) is 0. The van der Waals surface area contributed by atoms with Crippen molar-refractivity contribution in [1.82, 2.24) is 0 Å². The third kappa shape index (κ3) is 2.11. The van der Waals surface area contributed by atoms with Gasteiger partial charge in [-0.1, -0.05) is 91.0 Å². The van der Waals surface area contributed by atoms with Gasteiger partial charge in [-0.05, 0) is 45.5 Å². The van der Waals surface area contributed by atoms with Crippen LogP contribution in [0.25, 0.3) is 11.1 Å². The number of fused-ring (bicyclic) bond motifs is 3. The minimum absolute atomic E-state index is 0.415. The molecule has 0 heterocycles. The predicted molar refractivity (Wildman–Crippen MR) is 108 cm³/mol. The molecule has 4 aromatic carbocycles. The van der Waals surface area contributed by atoms with Gasteiger partial charge < -0.3 is 0 Å². The van der Waals surface area contributed by atoms with Gasteiger partial charge in [0, 0.05) is 0 Å². The van der Waals surface area contributed by atoms with Gasteiger partial charge in [-0.25, -0.2) is 0 Å². The predicted octanol–water partition coefficient (Wildman–Crippen LogP) is 5.92. The van der Waals surface area contributed by atoms with Crippen LogP contribution in [-0.4, -0.2) is 0 Å². The SMILES string of the molecule is N#Cc1ccc2c(c1)C(c1ccccc1)(c1ccccc1)c1ccccc1-2. The second-order valence-electron chi connectivity index (χ2n) is 6.90. The molecule has 0 fully saturated rings. The van der Waals surface area contributed by atoms with Crippen LogP contribution in [0.2, 0.25) is 0 Å². The van der Waals surface area contributed by atoms with Gasteiger partial charge in [0.15, 0.2) is 0 Å². The third-order valence-corrected chi connectivity index (χ3v) is 5.59. The first kappa shape index (κ1) is 15.6. The lowest BCUT2D eigenvalue weighted by molar-refractivity contribution is 0.768. The Morgan fingerprint density at radius 2 is 1.11 bits per heavy atom. The van der Waals surface area contributed by atoms with Gasteiger partial charge >= 0.3 is 0 Å². The van der Waals surface area contributed by atoms with Crippen molar-refractivity contribution in [2.75, 3.05) is 0 Å². The molecule has 0 aliphatic heterocycles. The highest BCUT2D eigenvalue weighted by Crippen LogP contribution is 2.56. The Labute approximate surface area is 159 Å². The van der Waals surface area contributed by atoms with Crippen LogP contribution in [-0.2, 0) is 5.41 Å². The molecule has 1 aliphatic rings. The van der Waals surface area contributed by atoms with E-state index in [2.05, 4.69) is 103 Å². The summed E-state index contributed by atoms with van der Waals surface area (Å²) in [6.45, 7) is 0. The molecule has 5 rings (SSSR count). The highest BCUT2D eigenvalue weighted by molar-refractivity contribution is 5.86. The molecule has 4 aromatic rings. The highest BCUT2D eigenvalue weighted by Gasteiger charge is 2.45. The van der Waals surface area contributed by atoms with Crippen LogP contribution in [0.1, 0.15) is 27.8 Å². The number of nitriles is 1. The maximum Gasteiger partial charge on any atom is 0.0991 e. The summed E-state index contributed by atoms with van der Waals surface area (Å²) in [5.41, 5.74) is 7.61. The molecule has 0 bridgehead atoms. The topological polar surface area (TPSA) is 23.8 Å². The Kier molecular flexibility index (Phi) is 3.45. The lowest BCUT2D eigenvalue weighted by atomic mass is 9.67. The smallest absolute Gasteiger partial charge is 0.0991 e. The molecule has 1 aliphatic carbocycles. The molecular formula is C26H17N. The fraction of sp³-hybridized carbons (Fsp3) is 0.0385. The molecule has 0 saturated carbocycles. The zero-order chi connectivity index (χ0) is 18.3. The second-order valence-corrected chi connectivity index (χ2v) is 6.90. The standard InChI is InChI=1S/C26H17N/c27-18-19-15-16-23-22-13-7-8-14-24(22)26(25(23)17-19,20-9-3-1-4-10-20)21-11-5-2-6-12-21/h1-17H. The van der Waals surface area contributed by atoms with Crippen molar-refractivity contribution >= 4 is 0 Å². The molecular weight excluding hydrogens is 326 g/mol. The first-order chi connectivity index (χ1) is 13.4. The van der Waals surface area contributed by atoms with Crippen molar-refractivity contribution < 1.29 is 0 Å². The Morgan fingerprint density at radius 3 is 1.74 bits per heavy atom. The van der Waals surface area contributed by atoms with Crippen LogP contribution >= 0.6 is 0 Å². The van der Waals surface area contributed by atoms with E-state index < -0.39 is 5.41 Å². The van der Waals surface area contributed by atoms with Crippen LogP contribution in [0.3, 0.4) is 0 Å². The minimum Gasteiger partial charge on any atom is -0.192 e. The number of rotatable bonds is 2. The van der Waals surface area contributed by atoms with E-state index in [-0.39, 0.29) is 0 Å². The molecule has 0 unspecified atom stereocenters. The van der Waals surface area contributed by atoms with Crippen LogP contribution in [0, 0.1) is 11.3 Å². The van der Waals surface area contributed by atoms with Crippen LogP contribution in [0.4, 0.5) is 0 Å². The molecule has 27 heavy (non-hydrogen) atoms. The molecule has 0 aromatic heterocycles. The van der Waals surface area contributed by atoms with E-state index in [0.29, 0.717) is 5.56 Å². The minimum atomic E-state index is -0.415. The maximum absolute atomic E-state index is 9.55. The van der Waals surface area contributed by atoms with Gasteiger partial charge in [-0.15, -0.1) is 0 Å². The van der Waals surface area contributed by atoms with E-state index in [4.69, 9.17) is 0 Å². The van der Waals surface area contributed by atoms with Gasteiger partial charge in [0.05, 0.1) is 17.0 Å². The zero-order valence-electron chi connectivity index (χ0n) is 14.8. The molecule has 126 valence electrons. The fourth-order valence-corrected chi connectivity index (χ4v) is 4.51. The van der Waals surface area contributed by atoms with Gasteiger partial charge in [-0.2, -0.15) is 5.26 Å². The van der Waals surface area contributed by atoms with E-state index in [1.54, 1.807) is 0 Å². The highest BCUT2D eigenvalue weighted by atomic mass is 14.5. The lowest BCUT2D eigenvalue weighted by Gasteiger charge is -2.33. The van der Waals surface area contributed by atoms with Crippen molar-refractivity contribution in [2.45, 2.75) is 5.41 Å². The number of hydrogen-bond donors (Lipinski definition) is 0. The second kappa shape index (κ2) is 5.97. The van der Waals surface area contributed by atoms with E-state index in [1.165, 1.54) is 33.4 Å². The van der Waals surface area contributed by atoms with Crippen LogP contribution in [0.5, 0.6) is 0 Å². The summed E-state index contributed by atoms with van der Waals surface area (Å²) in [6.07, 6.45) is 0. The zero-order valence-corrected chi connectivity index (χ0v) is 14.8. The van der Waals surface area contributed by atoms with Gasteiger partial charge in [0.2, 0.25) is 0 Å². The molecule has 0 radical (unpaired) electrons. The summed E-state index contributed by atoms with van der Waals surface area (Å²) in [5, 5.41) is 9.55. The molecule has 1 nitrogen and oxygen atoms in total. The summed E-state index contributed by atoms with van der Waals surface area (Å²) in [4.78, 5) is 0. The maximum atomic E-state index is 9.55. The summed E-state index contributed by atoms with van der Waals surface area (Å²) < 4.78 is 0. The first-order valence-electron chi connectivity index (χ1n) is 9.11. The molecule has 0 spiro atoms. The first-order valence-corrected chi connectivity index (χ1v) is 9.11. The number of benzene rings is 4. The van der Waals surface area contributed by atoms with Gasteiger partial charge in [0.1, 0.15) is 0 Å². The lowest BCUT2D eigenvalue weighted by Crippen LogP contribution is -2.28. The number of nitrogens with zero attached hydrogens (tertiary/aromatic N) is 1. The van der Waals surface area contributed by atoms with E-state index in [0.717, 1.165) is 0 Å². The molecule has 0 saturated heterocycles. The van der Waals surface area contributed by atoms with E-state index in [9.17, 15) is 5.26 Å². The number of hydrogen-bond acceptors (Lipinski definition) is 1. The summed E-state index contributed by atoms with van der Waals surface area (Å²) in [6, 6.07) is 38.3. The van der Waals surface area contributed by atoms with Crippen molar-refractivity contribution in [1.29, 1.82) is 5.26 Å². The monoisotopic (exact) mass is 343 g/mol. The quantitative estimate of drug-likeness (QED) is 0.390. The fourth-order valence-electron chi connectivity index (χ4n) is 4.51. The van der Waals surface area contributed by atoms with E-state index in [1.807, 2.05) is 6.07 Å². The Balaban J connectivity index is 1.99. The van der Waals surface area contributed by atoms with Gasteiger partial charge in [-0.3, -0.25) is 0 Å². The normalized spacial score (nSPS) is 13.4. The average molecular weight is 343 g/mol. The van der Waals surface area contributed by atoms with Crippen molar-refractivity contribution in [3.63, 3.8) is 0 Å².